The van der Waals surface area contributed by atoms with Crippen molar-refractivity contribution in [3.63, 3.8) is 0 Å². The fourth-order valence-electron chi connectivity index (χ4n) is 1.72. The van der Waals surface area contributed by atoms with Crippen molar-refractivity contribution in [3.05, 3.63) is 29.8 Å². The molecule has 1 aromatic carbocycles. The van der Waals surface area contributed by atoms with Gasteiger partial charge in [0.1, 0.15) is 0 Å². The van der Waals surface area contributed by atoms with Crippen molar-refractivity contribution in [1.29, 1.82) is 0 Å². The summed E-state index contributed by atoms with van der Waals surface area (Å²) in [6, 6.07) is 8.82. The highest BCUT2D eigenvalue weighted by Gasteiger charge is 2.00. The molecule has 0 bridgehead atoms. The van der Waals surface area contributed by atoms with Gasteiger partial charge in [-0.2, -0.15) is 0 Å². The van der Waals surface area contributed by atoms with Gasteiger partial charge >= 0.3 is 0 Å². The molecule has 1 atom stereocenters. The van der Waals surface area contributed by atoms with Crippen LogP contribution in [-0.4, -0.2) is 18.8 Å². The first kappa shape index (κ1) is 14.6. The Labute approximate surface area is 109 Å². The van der Waals surface area contributed by atoms with Gasteiger partial charge in [-0.15, -0.1) is 11.8 Å². The van der Waals surface area contributed by atoms with Gasteiger partial charge in [0, 0.05) is 11.4 Å². The Balaban J connectivity index is 2.27. The molecule has 96 valence electrons. The first-order chi connectivity index (χ1) is 8.26. The SMILES string of the molecule is CCSc1ccc(CNCC(C)CCN)cc1. The molecular formula is C14H24N2S. The van der Waals surface area contributed by atoms with Crippen LogP contribution in [0, 0.1) is 5.92 Å². The summed E-state index contributed by atoms with van der Waals surface area (Å²) in [5.41, 5.74) is 6.88. The van der Waals surface area contributed by atoms with Crippen LogP contribution in [-0.2, 0) is 6.54 Å². The zero-order valence-corrected chi connectivity index (χ0v) is 11.7. The smallest absolute Gasteiger partial charge is 0.0205 e. The van der Waals surface area contributed by atoms with Crippen LogP contribution in [0.15, 0.2) is 29.2 Å². The molecule has 1 unspecified atom stereocenters. The quantitative estimate of drug-likeness (QED) is 0.699. The van der Waals surface area contributed by atoms with E-state index in [2.05, 4.69) is 43.4 Å². The van der Waals surface area contributed by atoms with Crippen molar-refractivity contribution < 1.29 is 0 Å². The van der Waals surface area contributed by atoms with E-state index >= 15 is 0 Å². The molecule has 1 aromatic rings. The molecule has 0 aliphatic heterocycles. The lowest BCUT2D eigenvalue weighted by molar-refractivity contribution is 0.486. The Hall–Kier alpha value is -0.510. The largest absolute Gasteiger partial charge is 0.330 e. The van der Waals surface area contributed by atoms with Crippen molar-refractivity contribution >= 4 is 11.8 Å². The standard InChI is InChI=1S/C14H24N2S/c1-3-17-14-6-4-13(5-7-14)11-16-10-12(2)8-9-15/h4-7,12,16H,3,8-11,15H2,1-2H3. The first-order valence-corrected chi connectivity index (χ1v) is 7.37. The van der Waals surface area contributed by atoms with Gasteiger partial charge in [-0.1, -0.05) is 26.0 Å². The molecule has 0 fully saturated rings. The Morgan fingerprint density at radius 2 is 2.00 bits per heavy atom. The average molecular weight is 252 g/mol. The molecule has 0 radical (unpaired) electrons. The lowest BCUT2D eigenvalue weighted by atomic mass is 10.1. The van der Waals surface area contributed by atoms with Gasteiger partial charge in [0.05, 0.1) is 0 Å². The van der Waals surface area contributed by atoms with Gasteiger partial charge in [0.15, 0.2) is 0 Å². The van der Waals surface area contributed by atoms with Gasteiger partial charge < -0.3 is 11.1 Å². The van der Waals surface area contributed by atoms with Gasteiger partial charge in [-0.25, -0.2) is 0 Å². The second-order valence-corrected chi connectivity index (χ2v) is 5.73. The minimum absolute atomic E-state index is 0.662. The molecule has 0 aromatic heterocycles. The van der Waals surface area contributed by atoms with Gasteiger partial charge in [-0.3, -0.25) is 0 Å². The van der Waals surface area contributed by atoms with E-state index in [-0.39, 0.29) is 0 Å². The summed E-state index contributed by atoms with van der Waals surface area (Å²) in [5.74, 6) is 1.80. The monoisotopic (exact) mass is 252 g/mol. The zero-order valence-electron chi connectivity index (χ0n) is 10.9. The molecule has 0 spiro atoms. The number of hydrogen-bond donors (Lipinski definition) is 2. The predicted molar refractivity (Wildman–Crippen MR) is 77.4 cm³/mol. The molecule has 0 aliphatic rings. The van der Waals surface area contributed by atoms with Crippen molar-refractivity contribution in [1.82, 2.24) is 5.32 Å². The van der Waals surface area contributed by atoms with E-state index in [0.29, 0.717) is 5.92 Å². The van der Waals surface area contributed by atoms with E-state index in [1.165, 1.54) is 10.5 Å². The minimum Gasteiger partial charge on any atom is -0.330 e. The maximum atomic E-state index is 5.53. The van der Waals surface area contributed by atoms with Crippen LogP contribution in [0.5, 0.6) is 0 Å². The molecule has 17 heavy (non-hydrogen) atoms. The lowest BCUT2D eigenvalue weighted by Crippen LogP contribution is -2.22. The first-order valence-electron chi connectivity index (χ1n) is 6.38. The highest BCUT2D eigenvalue weighted by molar-refractivity contribution is 7.99. The van der Waals surface area contributed by atoms with E-state index in [9.17, 15) is 0 Å². The average Bonchev–Trinajstić information content (AvgIpc) is 2.32. The Bertz CT molecular complexity index is 298. The Kier molecular flexibility index (Phi) is 7.33. The molecule has 0 saturated heterocycles. The number of rotatable bonds is 8. The van der Waals surface area contributed by atoms with Crippen LogP contribution in [0.25, 0.3) is 0 Å². The van der Waals surface area contributed by atoms with Crippen LogP contribution < -0.4 is 11.1 Å². The van der Waals surface area contributed by atoms with Crippen molar-refractivity contribution in [2.24, 2.45) is 11.7 Å². The molecule has 1 rings (SSSR count). The van der Waals surface area contributed by atoms with Crippen LogP contribution >= 0.6 is 11.8 Å². The number of hydrogen-bond acceptors (Lipinski definition) is 3. The normalized spacial score (nSPS) is 12.6. The summed E-state index contributed by atoms with van der Waals surface area (Å²) in [6.45, 7) is 7.19. The number of nitrogens with one attached hydrogen (secondary N) is 1. The summed E-state index contributed by atoms with van der Waals surface area (Å²) >= 11 is 1.89. The van der Waals surface area contributed by atoms with E-state index < -0.39 is 0 Å². The maximum absolute atomic E-state index is 5.53. The lowest BCUT2D eigenvalue weighted by Gasteiger charge is -2.11. The maximum Gasteiger partial charge on any atom is 0.0205 e. The summed E-state index contributed by atoms with van der Waals surface area (Å²) in [6.07, 6.45) is 1.10. The minimum atomic E-state index is 0.662. The third kappa shape index (κ3) is 6.10. The van der Waals surface area contributed by atoms with Crippen LogP contribution in [0.3, 0.4) is 0 Å². The molecule has 2 nitrogen and oxygen atoms in total. The molecule has 0 heterocycles. The molecule has 3 N–H and O–H groups in total. The molecule has 0 amide bonds. The number of thioether (sulfide) groups is 1. The highest BCUT2D eigenvalue weighted by atomic mass is 32.2. The molecular weight excluding hydrogens is 228 g/mol. The number of benzene rings is 1. The van der Waals surface area contributed by atoms with E-state index in [4.69, 9.17) is 5.73 Å². The second-order valence-electron chi connectivity index (χ2n) is 4.39. The van der Waals surface area contributed by atoms with Gasteiger partial charge in [0.2, 0.25) is 0 Å². The molecule has 3 heteroatoms. The fourth-order valence-corrected chi connectivity index (χ4v) is 2.38. The summed E-state index contributed by atoms with van der Waals surface area (Å²) in [7, 11) is 0. The van der Waals surface area contributed by atoms with E-state index in [1.807, 2.05) is 11.8 Å². The Morgan fingerprint density at radius 3 is 2.59 bits per heavy atom. The summed E-state index contributed by atoms with van der Waals surface area (Å²) < 4.78 is 0. The molecule has 0 aliphatic carbocycles. The predicted octanol–water partition coefficient (Wildman–Crippen LogP) is 2.87. The summed E-state index contributed by atoms with van der Waals surface area (Å²) in [5, 5.41) is 3.48. The van der Waals surface area contributed by atoms with Gasteiger partial charge in [-0.05, 0) is 48.9 Å². The van der Waals surface area contributed by atoms with Crippen LogP contribution in [0.2, 0.25) is 0 Å². The van der Waals surface area contributed by atoms with Crippen molar-refractivity contribution in [3.8, 4) is 0 Å². The molecule has 0 saturated carbocycles. The van der Waals surface area contributed by atoms with Crippen LogP contribution in [0.4, 0.5) is 0 Å². The topological polar surface area (TPSA) is 38.0 Å². The number of nitrogens with two attached hydrogens (primary N) is 1. The van der Waals surface area contributed by atoms with Crippen molar-refractivity contribution in [2.45, 2.75) is 31.7 Å². The van der Waals surface area contributed by atoms with Crippen molar-refractivity contribution in [2.75, 3.05) is 18.8 Å². The second kappa shape index (κ2) is 8.56. The van der Waals surface area contributed by atoms with E-state index in [0.717, 1.165) is 31.8 Å². The third-order valence-corrected chi connectivity index (χ3v) is 3.61. The Morgan fingerprint density at radius 1 is 1.29 bits per heavy atom. The van der Waals surface area contributed by atoms with E-state index in [1.54, 1.807) is 0 Å². The zero-order chi connectivity index (χ0) is 12.5. The highest BCUT2D eigenvalue weighted by Crippen LogP contribution is 2.17. The van der Waals surface area contributed by atoms with Gasteiger partial charge in [0.25, 0.3) is 0 Å². The van der Waals surface area contributed by atoms with Crippen LogP contribution in [0.1, 0.15) is 25.8 Å². The third-order valence-electron chi connectivity index (χ3n) is 2.72. The fraction of sp³-hybridized carbons (Fsp3) is 0.571. The summed E-state index contributed by atoms with van der Waals surface area (Å²) in [4.78, 5) is 1.35.